The minimum Gasteiger partial charge on any atom is -0.360 e. The maximum atomic E-state index is 5.16. The monoisotopic (exact) mass is 507 g/mol. The highest BCUT2D eigenvalue weighted by molar-refractivity contribution is 5.99. The van der Waals surface area contributed by atoms with Crippen molar-refractivity contribution < 1.29 is 0 Å². The number of benzene rings is 5. The third kappa shape index (κ3) is 4.65. The van der Waals surface area contributed by atoms with Gasteiger partial charge in [-0.2, -0.15) is 0 Å². The van der Waals surface area contributed by atoms with Crippen molar-refractivity contribution >= 4 is 17.2 Å². The van der Waals surface area contributed by atoms with Crippen molar-refractivity contribution in [2.24, 2.45) is 4.99 Å². The van der Waals surface area contributed by atoms with Crippen molar-refractivity contribution in [2.75, 3.05) is 10.6 Å². The number of hydrogen-bond donors (Lipinski definition) is 4. The molecule has 7 rings (SSSR count). The van der Waals surface area contributed by atoms with Crippen molar-refractivity contribution in [3.05, 3.63) is 156 Å². The van der Waals surface area contributed by atoms with Crippen molar-refractivity contribution in [2.45, 2.75) is 18.5 Å². The number of amidine groups is 1. The average Bonchev–Trinajstić information content (AvgIpc) is 3.46. The molecule has 5 heteroatoms. The molecule has 0 saturated carbocycles. The molecule has 0 saturated heterocycles. The molecule has 5 nitrogen and oxygen atoms in total. The zero-order valence-electron chi connectivity index (χ0n) is 21.4. The summed E-state index contributed by atoms with van der Waals surface area (Å²) in [6.45, 7) is 0. The van der Waals surface area contributed by atoms with Gasteiger partial charge < -0.3 is 16.0 Å². The van der Waals surface area contributed by atoms with Crippen LogP contribution < -0.4 is 21.3 Å². The maximum Gasteiger partial charge on any atom is 0.131 e. The van der Waals surface area contributed by atoms with E-state index in [0.717, 1.165) is 33.9 Å². The highest BCUT2D eigenvalue weighted by atomic mass is 15.3. The maximum absolute atomic E-state index is 5.16. The number of hydrogen-bond acceptors (Lipinski definition) is 5. The Morgan fingerprint density at radius 2 is 1.05 bits per heavy atom. The Morgan fingerprint density at radius 1 is 0.462 bits per heavy atom. The van der Waals surface area contributed by atoms with E-state index in [1.165, 1.54) is 16.7 Å². The molecule has 2 heterocycles. The zero-order chi connectivity index (χ0) is 26.0. The molecule has 0 fully saturated rings. The fourth-order valence-corrected chi connectivity index (χ4v) is 5.38. The van der Waals surface area contributed by atoms with Gasteiger partial charge in [0.25, 0.3) is 0 Å². The minimum absolute atomic E-state index is 0.0578. The number of aliphatic imine (C=N–C) groups is 1. The highest BCUT2D eigenvalue weighted by Gasteiger charge is 2.27. The van der Waals surface area contributed by atoms with Gasteiger partial charge in [-0.3, -0.25) is 5.32 Å². The quantitative estimate of drug-likeness (QED) is 0.203. The van der Waals surface area contributed by atoms with Crippen LogP contribution in [0.2, 0.25) is 0 Å². The third-order valence-corrected chi connectivity index (χ3v) is 7.38. The van der Waals surface area contributed by atoms with E-state index in [4.69, 9.17) is 4.99 Å². The summed E-state index contributed by atoms with van der Waals surface area (Å²) >= 11 is 0. The molecule has 0 amide bonds. The molecule has 2 aliphatic heterocycles. The van der Waals surface area contributed by atoms with Gasteiger partial charge in [0.2, 0.25) is 0 Å². The third-order valence-electron chi connectivity index (χ3n) is 7.38. The Bertz CT molecular complexity index is 1590. The van der Waals surface area contributed by atoms with Gasteiger partial charge >= 0.3 is 0 Å². The topological polar surface area (TPSA) is 60.5 Å². The second kappa shape index (κ2) is 10.1. The number of nitrogens with one attached hydrogen (secondary N) is 4. The second-order valence-corrected chi connectivity index (χ2v) is 9.88. The van der Waals surface area contributed by atoms with Gasteiger partial charge in [-0.05, 0) is 39.9 Å². The van der Waals surface area contributed by atoms with Gasteiger partial charge in [-0.1, -0.05) is 121 Å². The minimum atomic E-state index is -0.213. The number of fused-ring (bicyclic) bond motifs is 1. The van der Waals surface area contributed by atoms with E-state index in [-0.39, 0.29) is 18.5 Å². The van der Waals surface area contributed by atoms with Crippen molar-refractivity contribution in [3.63, 3.8) is 0 Å². The molecule has 190 valence electrons. The van der Waals surface area contributed by atoms with Crippen LogP contribution in [0.1, 0.15) is 40.8 Å². The number of anilines is 2. The van der Waals surface area contributed by atoms with E-state index in [1.54, 1.807) is 0 Å². The van der Waals surface area contributed by atoms with Crippen molar-refractivity contribution in [3.8, 4) is 11.1 Å². The second-order valence-electron chi connectivity index (χ2n) is 9.88. The molecule has 2 atom stereocenters. The van der Waals surface area contributed by atoms with Crippen LogP contribution >= 0.6 is 0 Å². The van der Waals surface area contributed by atoms with E-state index >= 15 is 0 Å². The summed E-state index contributed by atoms with van der Waals surface area (Å²) < 4.78 is 0. The predicted molar refractivity (Wildman–Crippen MR) is 159 cm³/mol. The van der Waals surface area contributed by atoms with Crippen molar-refractivity contribution in [1.29, 1.82) is 0 Å². The van der Waals surface area contributed by atoms with Gasteiger partial charge in [0.15, 0.2) is 0 Å². The molecule has 2 aliphatic rings. The molecule has 0 radical (unpaired) electrons. The van der Waals surface area contributed by atoms with Crippen LogP contribution in [0, 0.1) is 0 Å². The lowest BCUT2D eigenvalue weighted by molar-refractivity contribution is 0.409. The van der Waals surface area contributed by atoms with E-state index < -0.39 is 0 Å². The molecule has 4 N–H and O–H groups in total. The molecule has 0 aliphatic carbocycles. The molecule has 5 aromatic rings. The molecule has 5 aromatic carbocycles. The molecule has 0 bridgehead atoms. The fourth-order valence-electron chi connectivity index (χ4n) is 5.38. The predicted octanol–water partition coefficient (Wildman–Crippen LogP) is 7.23. The SMILES string of the molecule is c1ccc(C2=NC(c3ccccc3-c3ccc(C4Nc5ccccc5N4)cc3)NC(c3ccccc3)N2)cc1. The molecular formula is C34H29N5. The van der Waals surface area contributed by atoms with Gasteiger partial charge in [-0.15, -0.1) is 0 Å². The van der Waals surface area contributed by atoms with Gasteiger partial charge in [0.1, 0.15) is 24.3 Å². The summed E-state index contributed by atoms with van der Waals surface area (Å²) in [5.41, 5.74) is 9.18. The lowest BCUT2D eigenvalue weighted by Crippen LogP contribution is -2.45. The summed E-state index contributed by atoms with van der Waals surface area (Å²) in [6, 6.07) is 46.5. The normalized spacial score (nSPS) is 18.3. The number of nitrogens with zero attached hydrogens (tertiary/aromatic N) is 1. The first-order valence-electron chi connectivity index (χ1n) is 13.3. The highest BCUT2D eigenvalue weighted by Crippen LogP contribution is 2.37. The molecular weight excluding hydrogens is 478 g/mol. The van der Waals surface area contributed by atoms with Crippen LogP contribution in [0.5, 0.6) is 0 Å². The Hall–Kier alpha value is -4.87. The van der Waals surface area contributed by atoms with Crippen LogP contribution in [0.3, 0.4) is 0 Å². The number of para-hydroxylation sites is 2. The Balaban J connectivity index is 1.22. The Morgan fingerprint density at radius 3 is 1.77 bits per heavy atom. The fraction of sp³-hybridized carbons (Fsp3) is 0.0882. The van der Waals surface area contributed by atoms with Gasteiger partial charge in [-0.25, -0.2) is 4.99 Å². The van der Waals surface area contributed by atoms with Crippen LogP contribution in [0.4, 0.5) is 11.4 Å². The van der Waals surface area contributed by atoms with Crippen molar-refractivity contribution in [1.82, 2.24) is 10.6 Å². The first-order chi connectivity index (χ1) is 19.3. The Labute approximate surface area is 228 Å². The van der Waals surface area contributed by atoms with E-state index in [2.05, 4.69) is 143 Å². The zero-order valence-corrected chi connectivity index (χ0v) is 21.4. The number of rotatable bonds is 5. The molecule has 39 heavy (non-hydrogen) atoms. The summed E-state index contributed by atoms with van der Waals surface area (Å²) in [6.07, 6.45) is -0.224. The summed E-state index contributed by atoms with van der Waals surface area (Å²) in [7, 11) is 0. The van der Waals surface area contributed by atoms with Crippen LogP contribution in [0.25, 0.3) is 11.1 Å². The van der Waals surface area contributed by atoms with Crippen LogP contribution in [-0.2, 0) is 0 Å². The lowest BCUT2D eigenvalue weighted by atomic mass is 9.96. The van der Waals surface area contributed by atoms with Gasteiger partial charge in [0, 0.05) is 5.56 Å². The van der Waals surface area contributed by atoms with Crippen LogP contribution in [0.15, 0.2) is 138 Å². The summed E-state index contributed by atoms with van der Waals surface area (Å²) in [4.78, 5) is 5.16. The average molecular weight is 508 g/mol. The van der Waals surface area contributed by atoms with E-state index in [9.17, 15) is 0 Å². The van der Waals surface area contributed by atoms with E-state index in [0.29, 0.717) is 0 Å². The standard InChI is InChI=1S/C34H29N5/c1-3-11-24(12-4-1)32-37-33(25-13-5-2-6-14-25)39-34(38-32)28-16-8-7-15-27(28)23-19-21-26(22-20-23)31-35-29-17-9-10-18-30(29)36-31/h1-22,31-32,34-36,38H,(H,37,39). The first kappa shape index (κ1) is 23.3. The summed E-state index contributed by atoms with van der Waals surface area (Å²) in [5, 5.41) is 14.5. The Kier molecular flexibility index (Phi) is 6.04. The first-order valence-corrected chi connectivity index (χ1v) is 13.3. The largest absolute Gasteiger partial charge is 0.360 e. The smallest absolute Gasteiger partial charge is 0.131 e. The molecule has 0 spiro atoms. The van der Waals surface area contributed by atoms with Gasteiger partial charge in [0.05, 0.1) is 11.4 Å². The lowest BCUT2D eigenvalue weighted by Gasteiger charge is -2.33. The molecule has 2 unspecified atom stereocenters. The van der Waals surface area contributed by atoms with E-state index in [1.807, 2.05) is 12.1 Å². The summed E-state index contributed by atoms with van der Waals surface area (Å²) in [5.74, 6) is 0.885. The van der Waals surface area contributed by atoms with Crippen LogP contribution in [-0.4, -0.2) is 5.84 Å². The molecule has 0 aromatic heterocycles.